The number of methoxy groups -OCH3 is 1. The number of phenols is 1. The van der Waals surface area contributed by atoms with E-state index in [1.54, 1.807) is 12.1 Å². The average molecular weight is 344 g/mol. The maximum atomic E-state index is 12.1. The van der Waals surface area contributed by atoms with Crippen LogP contribution in [-0.4, -0.2) is 30.0 Å². The monoisotopic (exact) mass is 343 g/mol. The zero-order valence-corrected chi connectivity index (χ0v) is 13.6. The van der Waals surface area contributed by atoms with Gasteiger partial charge in [-0.1, -0.05) is 29.3 Å². The van der Waals surface area contributed by atoms with Crippen molar-refractivity contribution in [2.75, 3.05) is 19.0 Å². The summed E-state index contributed by atoms with van der Waals surface area (Å²) >= 11 is 3.43. The summed E-state index contributed by atoms with van der Waals surface area (Å²) in [5.41, 5.74) is 0.249. The van der Waals surface area contributed by atoms with Gasteiger partial charge >= 0.3 is 0 Å². The van der Waals surface area contributed by atoms with Crippen LogP contribution < -0.4 is 10.1 Å². The Morgan fingerprint density at radius 2 is 2.20 bits per heavy atom. The molecule has 1 aromatic rings. The first-order valence-corrected chi connectivity index (χ1v) is 7.95. The van der Waals surface area contributed by atoms with Crippen LogP contribution in [0.2, 0.25) is 0 Å². The molecule has 0 aliphatic carbocycles. The smallest absolute Gasteiger partial charge is 0.255 e. The lowest BCUT2D eigenvalue weighted by molar-refractivity contribution is 0.0943. The van der Waals surface area contributed by atoms with E-state index in [2.05, 4.69) is 28.2 Å². The van der Waals surface area contributed by atoms with E-state index in [0.29, 0.717) is 18.2 Å². The maximum absolute atomic E-state index is 12.1. The Labute approximate surface area is 128 Å². The minimum absolute atomic E-state index is 0.0316. The van der Waals surface area contributed by atoms with Crippen molar-refractivity contribution in [2.24, 2.45) is 5.92 Å². The van der Waals surface area contributed by atoms with Crippen molar-refractivity contribution in [3.63, 3.8) is 0 Å². The molecule has 5 heteroatoms. The van der Waals surface area contributed by atoms with Gasteiger partial charge in [0, 0.05) is 11.9 Å². The topological polar surface area (TPSA) is 58.6 Å². The van der Waals surface area contributed by atoms with Gasteiger partial charge in [-0.25, -0.2) is 0 Å². The molecule has 0 spiro atoms. The van der Waals surface area contributed by atoms with Crippen LogP contribution in [0.15, 0.2) is 18.2 Å². The van der Waals surface area contributed by atoms with Crippen LogP contribution in [0.3, 0.4) is 0 Å². The van der Waals surface area contributed by atoms with Gasteiger partial charge in [0.05, 0.1) is 12.7 Å². The molecule has 0 fully saturated rings. The molecule has 0 bridgehead atoms. The summed E-state index contributed by atoms with van der Waals surface area (Å²) in [7, 11) is 1.53. The second kappa shape index (κ2) is 8.84. The standard InChI is InChI=1S/C15H22BrNO3/c1-3-4-11(7-8-16)10-17-15(19)13-9-12(20-2)5-6-14(13)18/h5-6,9,11,18H,3-4,7-8,10H2,1-2H3,(H,17,19). The van der Waals surface area contributed by atoms with Crippen molar-refractivity contribution in [1.82, 2.24) is 5.32 Å². The third-order valence-electron chi connectivity index (χ3n) is 3.21. The van der Waals surface area contributed by atoms with Crippen LogP contribution in [0.1, 0.15) is 36.5 Å². The number of ether oxygens (including phenoxy) is 1. The molecule has 0 aliphatic rings. The van der Waals surface area contributed by atoms with E-state index >= 15 is 0 Å². The van der Waals surface area contributed by atoms with E-state index in [-0.39, 0.29) is 17.2 Å². The van der Waals surface area contributed by atoms with Crippen LogP contribution in [0.25, 0.3) is 0 Å². The SMILES string of the molecule is CCCC(CCBr)CNC(=O)c1cc(OC)ccc1O. The summed E-state index contributed by atoms with van der Waals surface area (Å²) in [5.74, 6) is 0.711. The second-order valence-electron chi connectivity index (χ2n) is 4.73. The lowest BCUT2D eigenvalue weighted by atomic mass is 10.0. The number of amides is 1. The number of benzene rings is 1. The fourth-order valence-corrected chi connectivity index (χ4v) is 2.71. The Bertz CT molecular complexity index is 431. The van der Waals surface area contributed by atoms with E-state index < -0.39 is 0 Å². The molecule has 0 aliphatic heterocycles. The number of carbonyl (C=O) groups excluding carboxylic acids is 1. The van der Waals surface area contributed by atoms with Crippen LogP contribution in [0, 0.1) is 5.92 Å². The zero-order chi connectivity index (χ0) is 15.0. The Morgan fingerprint density at radius 3 is 2.80 bits per heavy atom. The van der Waals surface area contributed by atoms with Crippen molar-refractivity contribution in [2.45, 2.75) is 26.2 Å². The van der Waals surface area contributed by atoms with Gasteiger partial charge in [0.25, 0.3) is 5.91 Å². The third kappa shape index (κ3) is 5.04. The van der Waals surface area contributed by atoms with Crippen LogP contribution >= 0.6 is 15.9 Å². The molecule has 0 radical (unpaired) electrons. The number of aromatic hydroxyl groups is 1. The van der Waals surface area contributed by atoms with Gasteiger partial charge in [0.1, 0.15) is 11.5 Å². The molecule has 1 amide bonds. The third-order valence-corrected chi connectivity index (χ3v) is 3.67. The van der Waals surface area contributed by atoms with Crippen molar-refractivity contribution in [3.05, 3.63) is 23.8 Å². The molecular formula is C15H22BrNO3. The fraction of sp³-hybridized carbons (Fsp3) is 0.533. The van der Waals surface area contributed by atoms with E-state index in [4.69, 9.17) is 4.74 Å². The van der Waals surface area contributed by atoms with Gasteiger partial charge in [-0.15, -0.1) is 0 Å². The normalized spacial score (nSPS) is 11.9. The molecule has 0 saturated carbocycles. The molecule has 20 heavy (non-hydrogen) atoms. The van der Waals surface area contributed by atoms with Gasteiger partial charge < -0.3 is 15.2 Å². The fourth-order valence-electron chi connectivity index (χ4n) is 2.07. The molecule has 1 atom stereocenters. The number of phenolic OH excluding ortho intramolecular Hbond substituents is 1. The van der Waals surface area contributed by atoms with E-state index in [0.717, 1.165) is 24.6 Å². The van der Waals surface area contributed by atoms with Crippen LogP contribution in [0.4, 0.5) is 0 Å². The number of hydrogen-bond acceptors (Lipinski definition) is 3. The summed E-state index contributed by atoms with van der Waals surface area (Å²) in [6.07, 6.45) is 3.20. The van der Waals surface area contributed by atoms with Crippen molar-refractivity contribution >= 4 is 21.8 Å². The maximum Gasteiger partial charge on any atom is 0.255 e. The highest BCUT2D eigenvalue weighted by molar-refractivity contribution is 9.09. The molecule has 0 heterocycles. The Hall–Kier alpha value is -1.23. The Kier molecular flexibility index (Phi) is 7.44. The van der Waals surface area contributed by atoms with Crippen molar-refractivity contribution < 1.29 is 14.6 Å². The minimum Gasteiger partial charge on any atom is -0.507 e. The minimum atomic E-state index is -0.267. The zero-order valence-electron chi connectivity index (χ0n) is 12.0. The number of carbonyl (C=O) groups is 1. The van der Waals surface area contributed by atoms with Gasteiger partial charge in [0.15, 0.2) is 0 Å². The van der Waals surface area contributed by atoms with E-state index in [1.807, 2.05) is 0 Å². The Balaban J connectivity index is 2.65. The summed E-state index contributed by atoms with van der Waals surface area (Å²) in [4.78, 5) is 12.1. The van der Waals surface area contributed by atoms with Gasteiger partial charge in [-0.3, -0.25) is 4.79 Å². The van der Waals surface area contributed by atoms with E-state index in [9.17, 15) is 9.90 Å². The first kappa shape index (κ1) is 16.8. The average Bonchev–Trinajstić information content (AvgIpc) is 2.45. The lowest BCUT2D eigenvalue weighted by Crippen LogP contribution is -2.29. The molecule has 1 rings (SSSR count). The molecule has 4 nitrogen and oxygen atoms in total. The highest BCUT2D eigenvalue weighted by Gasteiger charge is 2.14. The number of nitrogens with one attached hydrogen (secondary N) is 1. The number of alkyl halides is 1. The highest BCUT2D eigenvalue weighted by atomic mass is 79.9. The molecule has 1 unspecified atom stereocenters. The second-order valence-corrected chi connectivity index (χ2v) is 5.52. The molecule has 0 aromatic heterocycles. The van der Waals surface area contributed by atoms with Gasteiger partial charge in [-0.05, 0) is 37.0 Å². The van der Waals surface area contributed by atoms with Crippen LogP contribution in [-0.2, 0) is 0 Å². The van der Waals surface area contributed by atoms with Crippen molar-refractivity contribution in [3.8, 4) is 11.5 Å². The molecule has 2 N–H and O–H groups in total. The highest BCUT2D eigenvalue weighted by Crippen LogP contribution is 2.22. The summed E-state index contributed by atoms with van der Waals surface area (Å²) < 4.78 is 5.07. The first-order valence-electron chi connectivity index (χ1n) is 6.83. The van der Waals surface area contributed by atoms with Crippen molar-refractivity contribution in [1.29, 1.82) is 0 Å². The van der Waals surface area contributed by atoms with E-state index in [1.165, 1.54) is 13.2 Å². The quantitative estimate of drug-likeness (QED) is 0.711. The number of halogens is 1. The molecular weight excluding hydrogens is 322 g/mol. The summed E-state index contributed by atoms with van der Waals surface area (Å²) in [6, 6.07) is 4.64. The first-order chi connectivity index (χ1) is 9.62. The predicted octanol–water partition coefficient (Wildman–Crippen LogP) is 3.33. The van der Waals surface area contributed by atoms with Crippen LogP contribution in [0.5, 0.6) is 11.5 Å². The van der Waals surface area contributed by atoms with Gasteiger partial charge in [0.2, 0.25) is 0 Å². The van der Waals surface area contributed by atoms with Gasteiger partial charge in [-0.2, -0.15) is 0 Å². The molecule has 1 aromatic carbocycles. The Morgan fingerprint density at radius 1 is 1.45 bits per heavy atom. The predicted molar refractivity (Wildman–Crippen MR) is 83.8 cm³/mol. The lowest BCUT2D eigenvalue weighted by Gasteiger charge is -2.16. The molecule has 112 valence electrons. The molecule has 0 saturated heterocycles. The number of hydrogen-bond donors (Lipinski definition) is 2. The largest absolute Gasteiger partial charge is 0.507 e. The number of rotatable bonds is 8. The summed E-state index contributed by atoms with van der Waals surface area (Å²) in [5, 5.41) is 13.6. The summed E-state index contributed by atoms with van der Waals surface area (Å²) in [6.45, 7) is 2.76.